The number of aromatic nitrogens is 1. The molecule has 3 N–H and O–H groups in total. The van der Waals surface area contributed by atoms with Gasteiger partial charge in [-0.25, -0.2) is 0 Å². The highest BCUT2D eigenvalue weighted by atomic mass is 35.5. The highest BCUT2D eigenvalue weighted by Crippen LogP contribution is 2.19. The second-order valence-electron chi connectivity index (χ2n) is 5.61. The number of aryl methyl sites for hydroxylation is 1. The van der Waals surface area contributed by atoms with E-state index in [4.69, 9.17) is 10.3 Å². The molecule has 0 aliphatic heterocycles. The molecule has 114 valence electrons. The van der Waals surface area contributed by atoms with Gasteiger partial charge in [-0.3, -0.25) is 4.79 Å². The van der Waals surface area contributed by atoms with Crippen molar-refractivity contribution in [3.8, 4) is 11.3 Å². The van der Waals surface area contributed by atoms with E-state index in [2.05, 4.69) is 10.5 Å². The van der Waals surface area contributed by atoms with Crippen LogP contribution in [-0.2, 0) is 0 Å². The second kappa shape index (κ2) is 6.74. The van der Waals surface area contributed by atoms with E-state index in [1.54, 1.807) is 6.07 Å². The summed E-state index contributed by atoms with van der Waals surface area (Å²) in [6.45, 7) is 6.06. The van der Waals surface area contributed by atoms with Gasteiger partial charge in [0.05, 0.1) is 0 Å². The van der Waals surface area contributed by atoms with Crippen LogP contribution in [0.15, 0.2) is 34.9 Å². The zero-order valence-electron chi connectivity index (χ0n) is 12.3. The summed E-state index contributed by atoms with van der Waals surface area (Å²) in [5.74, 6) is -0.126. The maximum absolute atomic E-state index is 11.9. The Balaban J connectivity index is 0.00000220. The molecule has 0 bridgehead atoms. The van der Waals surface area contributed by atoms with E-state index in [0.29, 0.717) is 12.2 Å². The molecule has 21 heavy (non-hydrogen) atoms. The molecule has 0 aliphatic carbocycles. The first-order valence-corrected chi connectivity index (χ1v) is 6.46. The number of hydrogen-bond acceptors (Lipinski definition) is 4. The molecule has 0 spiro atoms. The monoisotopic (exact) mass is 309 g/mol. The molecular formula is C15H20ClN3O2. The molecule has 1 heterocycles. The van der Waals surface area contributed by atoms with E-state index in [9.17, 15) is 4.79 Å². The molecule has 0 saturated carbocycles. The standard InChI is InChI=1S/C15H19N3O2.ClH/c1-10-4-6-11(7-5-10)12-8-13(20-18-12)14(19)17-9-15(2,3)16;/h4-8H,9,16H2,1-3H3,(H,17,19);1H. The Labute approximate surface area is 130 Å². The lowest BCUT2D eigenvalue weighted by atomic mass is 10.1. The van der Waals surface area contributed by atoms with Crippen molar-refractivity contribution in [3.05, 3.63) is 41.7 Å². The normalized spacial score (nSPS) is 10.9. The number of hydrogen-bond donors (Lipinski definition) is 2. The Hall–Kier alpha value is -1.85. The van der Waals surface area contributed by atoms with Crippen LogP contribution in [0.4, 0.5) is 0 Å². The molecule has 0 atom stereocenters. The molecule has 1 amide bonds. The van der Waals surface area contributed by atoms with Crippen LogP contribution >= 0.6 is 12.4 Å². The van der Waals surface area contributed by atoms with Crippen molar-refractivity contribution in [2.75, 3.05) is 6.54 Å². The Morgan fingerprint density at radius 2 is 1.95 bits per heavy atom. The third-order valence-corrected chi connectivity index (χ3v) is 2.79. The number of nitrogens with two attached hydrogens (primary N) is 1. The van der Waals surface area contributed by atoms with Gasteiger partial charge < -0.3 is 15.6 Å². The lowest BCUT2D eigenvalue weighted by Crippen LogP contribution is -2.45. The number of carbonyl (C=O) groups excluding carboxylic acids is 1. The van der Waals surface area contributed by atoms with E-state index in [-0.39, 0.29) is 24.1 Å². The lowest BCUT2D eigenvalue weighted by molar-refractivity contribution is 0.0909. The van der Waals surface area contributed by atoms with E-state index in [1.807, 2.05) is 45.0 Å². The van der Waals surface area contributed by atoms with Gasteiger partial charge in [0.25, 0.3) is 5.91 Å². The molecule has 1 aromatic heterocycles. The molecule has 6 heteroatoms. The summed E-state index contributed by atoms with van der Waals surface area (Å²) in [6, 6.07) is 9.49. The smallest absolute Gasteiger partial charge is 0.289 e. The summed E-state index contributed by atoms with van der Waals surface area (Å²) < 4.78 is 5.07. The fourth-order valence-corrected chi connectivity index (χ4v) is 1.64. The summed E-state index contributed by atoms with van der Waals surface area (Å²) in [5, 5.41) is 6.63. The summed E-state index contributed by atoms with van der Waals surface area (Å²) in [7, 11) is 0. The van der Waals surface area contributed by atoms with Gasteiger partial charge in [-0.2, -0.15) is 0 Å². The Morgan fingerprint density at radius 1 is 1.33 bits per heavy atom. The SMILES string of the molecule is Cc1ccc(-c2cc(C(=O)NCC(C)(C)N)on2)cc1.Cl. The fourth-order valence-electron chi connectivity index (χ4n) is 1.64. The van der Waals surface area contributed by atoms with Crippen molar-refractivity contribution in [3.63, 3.8) is 0 Å². The van der Waals surface area contributed by atoms with Gasteiger partial charge in [-0.05, 0) is 20.8 Å². The molecule has 0 fully saturated rings. The number of nitrogens with one attached hydrogen (secondary N) is 1. The molecular weight excluding hydrogens is 290 g/mol. The highest BCUT2D eigenvalue weighted by molar-refractivity contribution is 5.92. The highest BCUT2D eigenvalue weighted by Gasteiger charge is 2.17. The van der Waals surface area contributed by atoms with E-state index in [0.717, 1.165) is 5.56 Å². The largest absolute Gasteiger partial charge is 0.350 e. The van der Waals surface area contributed by atoms with Crippen molar-refractivity contribution in [1.82, 2.24) is 10.5 Å². The first-order valence-electron chi connectivity index (χ1n) is 6.46. The van der Waals surface area contributed by atoms with Crippen LogP contribution in [0.5, 0.6) is 0 Å². The Kier molecular flexibility index (Phi) is 5.52. The number of halogens is 1. The molecule has 2 rings (SSSR count). The topological polar surface area (TPSA) is 81.2 Å². The van der Waals surface area contributed by atoms with Crippen molar-refractivity contribution in [2.45, 2.75) is 26.3 Å². The number of rotatable bonds is 4. The predicted octanol–water partition coefficient (Wildman–Crippen LogP) is 2.54. The van der Waals surface area contributed by atoms with Gasteiger partial charge in [0.1, 0.15) is 5.69 Å². The van der Waals surface area contributed by atoms with Crippen molar-refractivity contribution >= 4 is 18.3 Å². The van der Waals surface area contributed by atoms with Crippen LogP contribution in [0.25, 0.3) is 11.3 Å². The third-order valence-electron chi connectivity index (χ3n) is 2.79. The van der Waals surface area contributed by atoms with E-state index >= 15 is 0 Å². The van der Waals surface area contributed by atoms with Gasteiger partial charge in [-0.15, -0.1) is 12.4 Å². The van der Waals surface area contributed by atoms with Crippen LogP contribution < -0.4 is 11.1 Å². The average molecular weight is 310 g/mol. The first-order chi connectivity index (χ1) is 9.35. The maximum Gasteiger partial charge on any atom is 0.289 e. The third kappa shape index (κ3) is 4.88. The van der Waals surface area contributed by atoms with Gasteiger partial charge >= 0.3 is 0 Å². The minimum absolute atomic E-state index is 0. The summed E-state index contributed by atoms with van der Waals surface area (Å²) >= 11 is 0. The van der Waals surface area contributed by atoms with Crippen LogP contribution in [0, 0.1) is 6.92 Å². The van der Waals surface area contributed by atoms with Crippen molar-refractivity contribution < 1.29 is 9.32 Å². The van der Waals surface area contributed by atoms with Gasteiger partial charge in [0.15, 0.2) is 0 Å². The number of carbonyl (C=O) groups is 1. The van der Waals surface area contributed by atoms with Crippen LogP contribution in [-0.4, -0.2) is 23.1 Å². The fraction of sp³-hybridized carbons (Fsp3) is 0.333. The molecule has 2 aromatic rings. The Bertz CT molecular complexity index is 600. The second-order valence-corrected chi connectivity index (χ2v) is 5.61. The quantitative estimate of drug-likeness (QED) is 0.909. The molecule has 0 radical (unpaired) electrons. The molecule has 0 aliphatic rings. The minimum atomic E-state index is -0.463. The molecule has 1 aromatic carbocycles. The van der Waals surface area contributed by atoms with Crippen LogP contribution in [0.3, 0.4) is 0 Å². The molecule has 0 saturated heterocycles. The first kappa shape index (κ1) is 17.2. The number of benzene rings is 1. The molecule has 0 unspecified atom stereocenters. The van der Waals surface area contributed by atoms with Gasteiger partial charge in [0.2, 0.25) is 5.76 Å². The number of amides is 1. The van der Waals surface area contributed by atoms with E-state index < -0.39 is 5.54 Å². The lowest BCUT2D eigenvalue weighted by Gasteiger charge is -2.18. The number of nitrogens with zero attached hydrogens (tertiary/aromatic N) is 1. The van der Waals surface area contributed by atoms with Gasteiger partial charge in [-0.1, -0.05) is 35.0 Å². The van der Waals surface area contributed by atoms with Crippen molar-refractivity contribution in [1.29, 1.82) is 0 Å². The maximum atomic E-state index is 11.9. The molecule has 5 nitrogen and oxygen atoms in total. The predicted molar refractivity (Wildman–Crippen MR) is 84.5 cm³/mol. The van der Waals surface area contributed by atoms with Crippen LogP contribution in [0.2, 0.25) is 0 Å². The van der Waals surface area contributed by atoms with Crippen LogP contribution in [0.1, 0.15) is 30.0 Å². The minimum Gasteiger partial charge on any atom is -0.350 e. The zero-order chi connectivity index (χ0) is 14.8. The Morgan fingerprint density at radius 3 is 2.52 bits per heavy atom. The van der Waals surface area contributed by atoms with Gasteiger partial charge in [0, 0.05) is 23.7 Å². The van der Waals surface area contributed by atoms with Crippen molar-refractivity contribution in [2.24, 2.45) is 5.73 Å². The zero-order valence-corrected chi connectivity index (χ0v) is 13.2. The van der Waals surface area contributed by atoms with E-state index in [1.165, 1.54) is 5.56 Å². The summed E-state index contributed by atoms with van der Waals surface area (Å²) in [4.78, 5) is 11.9. The summed E-state index contributed by atoms with van der Waals surface area (Å²) in [5.41, 5.74) is 8.07. The summed E-state index contributed by atoms with van der Waals surface area (Å²) in [6.07, 6.45) is 0. The average Bonchev–Trinajstić information content (AvgIpc) is 2.85.